The van der Waals surface area contributed by atoms with Crippen LogP contribution >= 0.6 is 35.6 Å². The minimum absolute atomic E-state index is 1.18. The maximum atomic E-state index is 2.76. The second-order valence-corrected chi connectivity index (χ2v) is 6.77. The number of hydrogen-bond acceptors (Lipinski definition) is 0. The molecule has 0 nitrogen and oxygen atoms in total. The normalized spacial score (nSPS) is 12.9. The molecule has 0 aromatic rings. The quantitative estimate of drug-likeness (QED) is 0.449. The van der Waals surface area contributed by atoms with Crippen LogP contribution in [-0.2, 0) is 0 Å². The molecule has 0 aliphatic carbocycles. The molecule has 0 rings (SSSR count). The summed E-state index contributed by atoms with van der Waals surface area (Å²) in [5.74, 6) is 4.06. The molecule has 0 bridgehead atoms. The predicted molar refractivity (Wildman–Crippen MR) is 50.7 cm³/mol. The third-order valence-electron chi connectivity index (χ3n) is 0.539. The summed E-state index contributed by atoms with van der Waals surface area (Å²) in [7, 11) is 7.89. The fraction of sp³-hybridized carbons (Fsp3) is 1.00. The van der Waals surface area contributed by atoms with Gasteiger partial charge in [0.1, 0.15) is 0 Å². The Labute approximate surface area is 54.0 Å². The molecular formula is C3H12P4. The molecule has 44 valence electrons. The first-order valence-corrected chi connectivity index (χ1v) is 6.69. The summed E-state index contributed by atoms with van der Waals surface area (Å²) in [5, 5.41) is 0. The van der Waals surface area contributed by atoms with E-state index in [1.165, 1.54) is 34.9 Å². The van der Waals surface area contributed by atoms with Crippen LogP contribution in [-0.4, -0.2) is 17.7 Å². The molecular weight excluding hydrogens is 160 g/mol. The summed E-state index contributed by atoms with van der Waals surface area (Å²) in [6.07, 6.45) is 0. The zero-order valence-corrected chi connectivity index (χ0v) is 8.59. The Morgan fingerprint density at radius 3 is 1.71 bits per heavy atom. The molecule has 0 saturated carbocycles. The first kappa shape index (κ1) is 8.72. The van der Waals surface area contributed by atoms with Crippen LogP contribution < -0.4 is 0 Å². The van der Waals surface area contributed by atoms with Crippen LogP contribution in [0.3, 0.4) is 0 Å². The van der Waals surface area contributed by atoms with E-state index in [0.717, 1.165) is 0 Å². The first-order chi connectivity index (χ1) is 3.41. The highest BCUT2D eigenvalue weighted by Crippen LogP contribution is 2.26. The molecule has 0 spiro atoms. The van der Waals surface area contributed by atoms with Gasteiger partial charge in [0.25, 0.3) is 0 Å². The Kier molecular flexibility index (Phi) is 9.62. The molecule has 0 saturated heterocycles. The van der Waals surface area contributed by atoms with Crippen molar-refractivity contribution in [2.24, 2.45) is 0 Å². The predicted octanol–water partition coefficient (Wildman–Crippen LogP) is 1.97. The Hall–Kier alpha value is 1.72. The van der Waals surface area contributed by atoms with E-state index in [0.29, 0.717) is 0 Å². The number of hydrogen-bond donors (Lipinski definition) is 0. The second-order valence-electron chi connectivity index (χ2n) is 1.09. The summed E-state index contributed by atoms with van der Waals surface area (Å²) >= 11 is 0. The van der Waals surface area contributed by atoms with E-state index in [9.17, 15) is 0 Å². The summed E-state index contributed by atoms with van der Waals surface area (Å²) in [4.78, 5) is 0. The Morgan fingerprint density at radius 1 is 1.00 bits per heavy atom. The molecule has 0 heterocycles. The highest BCUT2D eigenvalue weighted by Gasteiger charge is 1.78. The lowest BCUT2D eigenvalue weighted by atomic mass is 11.8. The van der Waals surface area contributed by atoms with E-state index in [-0.39, 0.29) is 0 Å². The molecule has 7 heavy (non-hydrogen) atoms. The fourth-order valence-electron chi connectivity index (χ4n) is 0.233. The zero-order valence-electron chi connectivity index (χ0n) is 4.28. The van der Waals surface area contributed by atoms with Crippen LogP contribution in [0.4, 0.5) is 0 Å². The van der Waals surface area contributed by atoms with E-state index in [1.807, 2.05) is 0 Å². The molecule has 0 aromatic carbocycles. The maximum Gasteiger partial charge on any atom is -0.0170 e. The van der Waals surface area contributed by atoms with Crippen molar-refractivity contribution in [2.75, 3.05) is 17.7 Å². The van der Waals surface area contributed by atoms with Gasteiger partial charge >= 0.3 is 0 Å². The largest absolute Gasteiger partial charge is 0.133 e. The van der Waals surface area contributed by atoms with Gasteiger partial charge in [-0.3, -0.25) is 0 Å². The topological polar surface area (TPSA) is 0 Å². The minimum atomic E-state index is 1.18. The summed E-state index contributed by atoms with van der Waals surface area (Å²) in [6, 6.07) is 0. The van der Waals surface area contributed by atoms with Gasteiger partial charge in [0.05, 0.1) is 0 Å². The van der Waals surface area contributed by atoms with Gasteiger partial charge in [0.2, 0.25) is 0 Å². The molecule has 0 aliphatic rings. The van der Waals surface area contributed by atoms with Crippen LogP contribution in [0, 0.1) is 0 Å². The van der Waals surface area contributed by atoms with E-state index in [1.54, 1.807) is 0 Å². The van der Waals surface area contributed by atoms with Crippen molar-refractivity contribution in [3.63, 3.8) is 0 Å². The third-order valence-corrected chi connectivity index (χ3v) is 4.85. The Balaban J connectivity index is 2.45. The summed E-state index contributed by atoms with van der Waals surface area (Å²) < 4.78 is 0. The lowest BCUT2D eigenvalue weighted by molar-refractivity contribution is 2.05. The van der Waals surface area contributed by atoms with Crippen LogP contribution in [0.25, 0.3) is 0 Å². The molecule has 0 fully saturated rings. The SMILES string of the molecule is PCPCPCP. The molecule has 0 aromatic heterocycles. The van der Waals surface area contributed by atoms with Gasteiger partial charge in [0, 0.05) is 0 Å². The molecule has 0 radical (unpaired) electrons. The van der Waals surface area contributed by atoms with Crippen molar-refractivity contribution in [1.29, 1.82) is 0 Å². The summed E-state index contributed by atoms with van der Waals surface area (Å²) in [5.41, 5.74) is 0. The number of rotatable bonds is 4. The first-order valence-electron chi connectivity index (χ1n) is 2.23. The van der Waals surface area contributed by atoms with Gasteiger partial charge < -0.3 is 0 Å². The van der Waals surface area contributed by atoms with E-state index in [2.05, 4.69) is 18.5 Å². The van der Waals surface area contributed by atoms with Gasteiger partial charge in [-0.25, -0.2) is 0 Å². The Bertz CT molecular complexity index is 26.1. The molecule has 4 atom stereocenters. The van der Waals surface area contributed by atoms with Crippen LogP contribution in [0.5, 0.6) is 0 Å². The van der Waals surface area contributed by atoms with Gasteiger partial charge in [-0.1, -0.05) is 0 Å². The highest BCUT2D eigenvalue weighted by molar-refractivity contribution is 7.62. The zero-order chi connectivity index (χ0) is 5.54. The fourth-order valence-corrected chi connectivity index (χ4v) is 4.69. The average Bonchev–Trinajstić information content (AvgIpc) is 1.69. The van der Waals surface area contributed by atoms with Crippen LogP contribution in [0.1, 0.15) is 0 Å². The molecule has 0 N–H and O–H groups in total. The average molecular weight is 172 g/mol. The van der Waals surface area contributed by atoms with E-state index < -0.39 is 0 Å². The van der Waals surface area contributed by atoms with Crippen molar-refractivity contribution in [2.45, 2.75) is 0 Å². The van der Waals surface area contributed by atoms with E-state index >= 15 is 0 Å². The third kappa shape index (κ3) is 7.72. The van der Waals surface area contributed by atoms with Crippen molar-refractivity contribution in [1.82, 2.24) is 0 Å². The molecule has 0 amide bonds. The smallest absolute Gasteiger partial charge is 0.0170 e. The molecule has 0 aliphatic heterocycles. The molecule has 4 heteroatoms. The van der Waals surface area contributed by atoms with Crippen molar-refractivity contribution in [3.8, 4) is 0 Å². The van der Waals surface area contributed by atoms with Gasteiger partial charge in [0.15, 0.2) is 0 Å². The van der Waals surface area contributed by atoms with Gasteiger partial charge in [-0.05, 0) is 17.7 Å². The van der Waals surface area contributed by atoms with Crippen molar-refractivity contribution < 1.29 is 0 Å². The monoisotopic (exact) mass is 172 g/mol. The van der Waals surface area contributed by atoms with Crippen molar-refractivity contribution >= 4 is 35.6 Å². The maximum absolute atomic E-state index is 2.76. The summed E-state index contributed by atoms with van der Waals surface area (Å²) in [6.45, 7) is 0. The van der Waals surface area contributed by atoms with E-state index in [4.69, 9.17) is 0 Å². The van der Waals surface area contributed by atoms with Crippen LogP contribution in [0.15, 0.2) is 0 Å². The molecule has 4 unspecified atom stereocenters. The standard InChI is InChI=1S/C3H12P4/c4-1-6-3-7-2-5/h6-7H,1-5H2. The lowest BCUT2D eigenvalue weighted by Crippen LogP contribution is -1.59. The van der Waals surface area contributed by atoms with Crippen LogP contribution in [0.2, 0.25) is 0 Å². The minimum Gasteiger partial charge on any atom is -0.133 e. The Morgan fingerprint density at radius 2 is 1.43 bits per heavy atom. The van der Waals surface area contributed by atoms with Crippen molar-refractivity contribution in [3.05, 3.63) is 0 Å². The second kappa shape index (κ2) is 7.72. The van der Waals surface area contributed by atoms with Gasteiger partial charge in [-0.15, -0.1) is 35.6 Å². The lowest BCUT2D eigenvalue weighted by Gasteiger charge is -1.92. The highest BCUT2D eigenvalue weighted by atomic mass is 31.2. The van der Waals surface area contributed by atoms with Gasteiger partial charge in [-0.2, -0.15) is 0 Å².